The van der Waals surface area contributed by atoms with Gasteiger partial charge in [-0.15, -0.1) is 0 Å². The summed E-state index contributed by atoms with van der Waals surface area (Å²) in [6, 6.07) is 8.10. The molecule has 2 rings (SSSR count). The topological polar surface area (TPSA) is 50.4 Å². The third-order valence-electron chi connectivity index (χ3n) is 3.44. The van der Waals surface area contributed by atoms with Crippen LogP contribution in [0.25, 0.3) is 0 Å². The van der Waals surface area contributed by atoms with E-state index in [2.05, 4.69) is 22.8 Å². The molecule has 0 aromatic heterocycles. The second kappa shape index (κ2) is 7.26. The average molecular weight is 262 g/mol. The molecule has 104 valence electrons. The zero-order chi connectivity index (χ0) is 13.5. The van der Waals surface area contributed by atoms with Gasteiger partial charge in [0.05, 0.1) is 0 Å². The quantitative estimate of drug-likeness (QED) is 0.851. The van der Waals surface area contributed by atoms with Gasteiger partial charge in [-0.25, -0.2) is 0 Å². The van der Waals surface area contributed by atoms with E-state index in [1.165, 1.54) is 25.5 Å². The van der Waals surface area contributed by atoms with Crippen LogP contribution in [0.2, 0.25) is 0 Å². The molecular weight excluding hydrogens is 240 g/mol. The van der Waals surface area contributed by atoms with Crippen molar-refractivity contribution >= 4 is 11.6 Å². The average Bonchev–Trinajstić information content (AvgIpc) is 2.42. The van der Waals surface area contributed by atoms with Crippen LogP contribution in [-0.4, -0.2) is 32.7 Å². The summed E-state index contributed by atoms with van der Waals surface area (Å²) in [6.07, 6.45) is 3.69. The van der Waals surface area contributed by atoms with Crippen LogP contribution in [0.1, 0.15) is 18.4 Å². The summed E-state index contributed by atoms with van der Waals surface area (Å²) in [5, 5.41) is 6.23. The molecule has 2 N–H and O–H groups in total. The fourth-order valence-corrected chi connectivity index (χ4v) is 2.48. The highest BCUT2D eigenvalue weighted by atomic mass is 16.5. The van der Waals surface area contributed by atoms with E-state index >= 15 is 0 Å². The summed E-state index contributed by atoms with van der Waals surface area (Å²) in [7, 11) is 1.51. The second-order valence-corrected chi connectivity index (χ2v) is 5.09. The van der Waals surface area contributed by atoms with Gasteiger partial charge in [-0.1, -0.05) is 12.1 Å². The normalized spacial score (nSPS) is 19.1. The van der Waals surface area contributed by atoms with Crippen molar-refractivity contribution in [1.82, 2.24) is 5.32 Å². The molecule has 4 nitrogen and oxygen atoms in total. The van der Waals surface area contributed by atoms with Crippen molar-refractivity contribution in [1.29, 1.82) is 0 Å². The first-order valence-corrected chi connectivity index (χ1v) is 6.86. The minimum atomic E-state index is -0.119. The molecule has 0 spiro atoms. The number of carbonyl (C=O) groups excluding carboxylic acids is 1. The van der Waals surface area contributed by atoms with Crippen LogP contribution in [0.3, 0.4) is 0 Å². The first-order chi connectivity index (χ1) is 9.28. The SMILES string of the molecule is COCC(=O)Nc1ccc(CC2CCCNC2)cc1. The number of carbonyl (C=O) groups is 1. The standard InChI is InChI=1S/C15H22N2O2/c1-19-11-15(18)17-14-6-4-12(5-7-14)9-13-3-2-8-16-10-13/h4-7,13,16H,2-3,8-11H2,1H3,(H,17,18). The minimum absolute atomic E-state index is 0.0928. The molecule has 1 aromatic rings. The highest BCUT2D eigenvalue weighted by molar-refractivity contribution is 5.91. The Morgan fingerprint density at radius 3 is 2.84 bits per heavy atom. The van der Waals surface area contributed by atoms with Crippen LogP contribution >= 0.6 is 0 Å². The van der Waals surface area contributed by atoms with Crippen LogP contribution in [0.5, 0.6) is 0 Å². The van der Waals surface area contributed by atoms with Crippen molar-refractivity contribution in [2.45, 2.75) is 19.3 Å². The lowest BCUT2D eigenvalue weighted by molar-refractivity contribution is -0.119. The highest BCUT2D eigenvalue weighted by Gasteiger charge is 2.13. The van der Waals surface area contributed by atoms with Crippen LogP contribution < -0.4 is 10.6 Å². The van der Waals surface area contributed by atoms with Gasteiger partial charge >= 0.3 is 0 Å². The molecule has 1 unspecified atom stereocenters. The summed E-state index contributed by atoms with van der Waals surface area (Å²) in [6.45, 7) is 2.36. The molecule has 1 amide bonds. The lowest BCUT2D eigenvalue weighted by atomic mass is 9.92. The number of piperidine rings is 1. The molecule has 4 heteroatoms. The Balaban J connectivity index is 1.85. The molecule has 19 heavy (non-hydrogen) atoms. The molecular formula is C15H22N2O2. The van der Waals surface area contributed by atoms with Gasteiger partial charge in [0, 0.05) is 12.8 Å². The van der Waals surface area contributed by atoms with Crippen molar-refractivity contribution in [2.24, 2.45) is 5.92 Å². The van der Waals surface area contributed by atoms with E-state index in [0.29, 0.717) is 0 Å². The number of hydrogen-bond donors (Lipinski definition) is 2. The molecule has 0 saturated carbocycles. The predicted molar refractivity (Wildman–Crippen MR) is 76.2 cm³/mol. The third-order valence-corrected chi connectivity index (χ3v) is 3.44. The zero-order valence-corrected chi connectivity index (χ0v) is 11.4. The molecule has 1 saturated heterocycles. The van der Waals surface area contributed by atoms with Gasteiger partial charge in [-0.3, -0.25) is 4.79 Å². The number of methoxy groups -OCH3 is 1. The number of amides is 1. The summed E-state index contributed by atoms with van der Waals surface area (Å²) in [5.74, 6) is 0.620. The molecule has 1 heterocycles. The Bertz CT molecular complexity index is 397. The van der Waals surface area contributed by atoms with Crippen molar-refractivity contribution in [3.63, 3.8) is 0 Å². The van der Waals surface area contributed by atoms with Crippen LogP contribution in [-0.2, 0) is 16.0 Å². The van der Waals surface area contributed by atoms with E-state index in [0.717, 1.165) is 31.1 Å². The van der Waals surface area contributed by atoms with Crippen molar-refractivity contribution in [3.05, 3.63) is 29.8 Å². The van der Waals surface area contributed by atoms with E-state index in [1.807, 2.05) is 12.1 Å². The van der Waals surface area contributed by atoms with E-state index in [9.17, 15) is 4.79 Å². The van der Waals surface area contributed by atoms with Gasteiger partial charge in [-0.05, 0) is 56.0 Å². The monoisotopic (exact) mass is 262 g/mol. The number of ether oxygens (including phenoxy) is 1. The smallest absolute Gasteiger partial charge is 0.250 e. The maximum atomic E-state index is 11.4. The summed E-state index contributed by atoms with van der Waals surface area (Å²) >= 11 is 0. The lowest BCUT2D eigenvalue weighted by Crippen LogP contribution is -2.30. The summed E-state index contributed by atoms with van der Waals surface area (Å²) in [5.41, 5.74) is 2.16. The largest absolute Gasteiger partial charge is 0.375 e. The van der Waals surface area contributed by atoms with Gasteiger partial charge in [0.1, 0.15) is 6.61 Å². The number of nitrogens with one attached hydrogen (secondary N) is 2. The maximum Gasteiger partial charge on any atom is 0.250 e. The van der Waals surface area contributed by atoms with Gasteiger partial charge in [0.2, 0.25) is 5.91 Å². The molecule has 0 aliphatic carbocycles. The number of rotatable bonds is 5. The van der Waals surface area contributed by atoms with Crippen molar-refractivity contribution in [3.8, 4) is 0 Å². The van der Waals surface area contributed by atoms with Gasteiger partial charge in [0.25, 0.3) is 0 Å². The second-order valence-electron chi connectivity index (χ2n) is 5.09. The zero-order valence-electron chi connectivity index (χ0n) is 11.4. The molecule has 1 fully saturated rings. The molecule has 0 bridgehead atoms. The molecule has 1 aliphatic rings. The van der Waals surface area contributed by atoms with Gasteiger partial charge in [-0.2, -0.15) is 0 Å². The van der Waals surface area contributed by atoms with Crippen molar-refractivity contribution in [2.75, 3.05) is 32.1 Å². The first-order valence-electron chi connectivity index (χ1n) is 6.86. The van der Waals surface area contributed by atoms with Crippen LogP contribution in [0, 0.1) is 5.92 Å². The van der Waals surface area contributed by atoms with Gasteiger partial charge < -0.3 is 15.4 Å². The highest BCUT2D eigenvalue weighted by Crippen LogP contribution is 2.18. The first kappa shape index (κ1) is 14.0. The number of hydrogen-bond acceptors (Lipinski definition) is 3. The Morgan fingerprint density at radius 2 is 2.21 bits per heavy atom. The fraction of sp³-hybridized carbons (Fsp3) is 0.533. The lowest BCUT2D eigenvalue weighted by Gasteiger charge is -2.22. The van der Waals surface area contributed by atoms with Gasteiger partial charge in [0.15, 0.2) is 0 Å². The summed E-state index contributed by atoms with van der Waals surface area (Å²) < 4.78 is 4.78. The Morgan fingerprint density at radius 1 is 1.42 bits per heavy atom. The Kier molecular flexibility index (Phi) is 5.36. The fourth-order valence-electron chi connectivity index (χ4n) is 2.48. The van der Waals surface area contributed by atoms with E-state index in [4.69, 9.17) is 4.74 Å². The summed E-state index contributed by atoms with van der Waals surface area (Å²) in [4.78, 5) is 11.4. The predicted octanol–water partition coefficient (Wildman–Crippen LogP) is 1.81. The third kappa shape index (κ3) is 4.65. The van der Waals surface area contributed by atoms with Crippen molar-refractivity contribution < 1.29 is 9.53 Å². The van der Waals surface area contributed by atoms with Crippen LogP contribution in [0.4, 0.5) is 5.69 Å². The Labute approximate surface area is 114 Å². The minimum Gasteiger partial charge on any atom is -0.375 e. The Hall–Kier alpha value is -1.39. The molecule has 1 aliphatic heterocycles. The van der Waals surface area contributed by atoms with E-state index in [-0.39, 0.29) is 12.5 Å². The molecule has 1 atom stereocenters. The van der Waals surface area contributed by atoms with Crippen LogP contribution in [0.15, 0.2) is 24.3 Å². The number of anilines is 1. The van der Waals surface area contributed by atoms with E-state index in [1.54, 1.807) is 0 Å². The number of benzene rings is 1. The molecule has 1 aromatic carbocycles. The maximum absolute atomic E-state index is 11.4. The molecule has 0 radical (unpaired) electrons. The van der Waals surface area contributed by atoms with E-state index < -0.39 is 0 Å².